The molecule has 1 aromatic carbocycles. The SMILES string of the molecule is COc1ccc(-c2ocnc2C(=O)NCCCn2cncn2)cc1SF. The maximum Gasteiger partial charge on any atom is 0.273 e. The van der Waals surface area contributed by atoms with Gasteiger partial charge in [-0.25, -0.2) is 9.97 Å². The van der Waals surface area contributed by atoms with Crippen LogP contribution < -0.4 is 10.1 Å². The summed E-state index contributed by atoms with van der Waals surface area (Å²) in [5.41, 5.74) is 0.682. The van der Waals surface area contributed by atoms with Crippen molar-refractivity contribution in [3.8, 4) is 17.1 Å². The minimum atomic E-state index is -0.363. The van der Waals surface area contributed by atoms with E-state index in [1.807, 2.05) is 0 Å². The average molecular weight is 377 g/mol. The van der Waals surface area contributed by atoms with Crippen molar-refractivity contribution in [2.75, 3.05) is 13.7 Å². The Balaban J connectivity index is 1.66. The molecule has 1 amide bonds. The van der Waals surface area contributed by atoms with Crippen LogP contribution in [0.4, 0.5) is 3.89 Å². The van der Waals surface area contributed by atoms with Gasteiger partial charge in [-0.15, -0.1) is 0 Å². The number of rotatable bonds is 8. The van der Waals surface area contributed by atoms with E-state index in [1.165, 1.54) is 19.8 Å². The fraction of sp³-hybridized carbons (Fsp3) is 0.250. The fourth-order valence-corrected chi connectivity index (χ4v) is 2.76. The van der Waals surface area contributed by atoms with Crippen molar-refractivity contribution in [1.82, 2.24) is 25.1 Å². The summed E-state index contributed by atoms with van der Waals surface area (Å²) < 4.78 is 25.2. The normalized spacial score (nSPS) is 10.7. The lowest BCUT2D eigenvalue weighted by Crippen LogP contribution is -2.26. The maximum absolute atomic E-state index is 13.1. The molecule has 0 spiro atoms. The van der Waals surface area contributed by atoms with Crippen molar-refractivity contribution in [3.63, 3.8) is 0 Å². The monoisotopic (exact) mass is 377 g/mol. The number of nitrogens with zero attached hydrogens (tertiary/aromatic N) is 4. The van der Waals surface area contributed by atoms with Crippen LogP contribution in [0, 0.1) is 0 Å². The molecule has 3 rings (SSSR count). The first-order valence-corrected chi connectivity index (χ1v) is 8.45. The van der Waals surface area contributed by atoms with E-state index >= 15 is 0 Å². The minimum Gasteiger partial charge on any atom is -0.495 e. The Morgan fingerprint density at radius 1 is 1.46 bits per heavy atom. The summed E-state index contributed by atoms with van der Waals surface area (Å²) in [6.07, 6.45) is 4.94. The number of halogens is 1. The van der Waals surface area contributed by atoms with Crippen LogP contribution >= 0.6 is 12.1 Å². The number of nitrogens with one attached hydrogen (secondary N) is 1. The Labute approximate surface area is 153 Å². The number of amides is 1. The lowest BCUT2D eigenvalue weighted by molar-refractivity contribution is 0.0948. The van der Waals surface area contributed by atoms with Gasteiger partial charge in [0.15, 0.2) is 17.8 Å². The van der Waals surface area contributed by atoms with Gasteiger partial charge in [0, 0.05) is 18.7 Å². The molecule has 2 aromatic heterocycles. The third kappa shape index (κ3) is 4.02. The zero-order valence-electron chi connectivity index (χ0n) is 13.9. The van der Waals surface area contributed by atoms with Crippen molar-refractivity contribution in [3.05, 3.63) is 42.9 Å². The van der Waals surface area contributed by atoms with E-state index in [-0.39, 0.29) is 29.5 Å². The molecule has 1 N–H and O–H groups in total. The number of hydrogen-bond donors (Lipinski definition) is 1. The van der Waals surface area contributed by atoms with Gasteiger partial charge in [-0.3, -0.25) is 9.48 Å². The second kappa shape index (κ2) is 8.48. The van der Waals surface area contributed by atoms with Gasteiger partial charge in [0.1, 0.15) is 18.4 Å². The van der Waals surface area contributed by atoms with Crippen LogP contribution in [0.15, 0.2) is 46.6 Å². The molecule has 0 unspecified atom stereocenters. The highest BCUT2D eigenvalue weighted by molar-refractivity contribution is 7.94. The number of ether oxygens (including phenoxy) is 1. The van der Waals surface area contributed by atoms with E-state index in [9.17, 15) is 8.68 Å². The molecule has 0 aliphatic rings. The average Bonchev–Trinajstić information content (AvgIpc) is 3.36. The van der Waals surface area contributed by atoms with Gasteiger partial charge in [0.2, 0.25) is 0 Å². The van der Waals surface area contributed by atoms with Crippen molar-refractivity contribution < 1.29 is 17.8 Å². The van der Waals surface area contributed by atoms with Gasteiger partial charge in [-0.05, 0) is 24.6 Å². The van der Waals surface area contributed by atoms with E-state index in [0.717, 1.165) is 0 Å². The molecule has 3 aromatic rings. The van der Waals surface area contributed by atoms with Crippen LogP contribution in [0.1, 0.15) is 16.9 Å². The number of methoxy groups -OCH3 is 1. The number of oxazole rings is 1. The first kappa shape index (κ1) is 17.9. The molecule has 0 bridgehead atoms. The number of aromatic nitrogens is 4. The Morgan fingerprint density at radius 3 is 3.08 bits per heavy atom. The molecule has 10 heteroatoms. The molecule has 2 heterocycles. The lowest BCUT2D eigenvalue weighted by Gasteiger charge is -2.07. The summed E-state index contributed by atoms with van der Waals surface area (Å²) in [5, 5.41) is 6.77. The van der Waals surface area contributed by atoms with Crippen molar-refractivity contribution >= 4 is 18.1 Å². The van der Waals surface area contributed by atoms with E-state index in [2.05, 4.69) is 20.4 Å². The van der Waals surface area contributed by atoms with E-state index in [0.29, 0.717) is 35.7 Å². The molecule has 0 atom stereocenters. The highest BCUT2D eigenvalue weighted by atomic mass is 32.2. The van der Waals surface area contributed by atoms with E-state index < -0.39 is 0 Å². The topological polar surface area (TPSA) is 95.1 Å². The Kier molecular flexibility index (Phi) is 5.84. The second-order valence-electron chi connectivity index (χ2n) is 5.24. The van der Waals surface area contributed by atoms with Crippen LogP contribution in [0.5, 0.6) is 5.75 Å². The van der Waals surface area contributed by atoms with Gasteiger partial charge >= 0.3 is 0 Å². The van der Waals surface area contributed by atoms with Crippen molar-refractivity contribution in [2.24, 2.45) is 0 Å². The van der Waals surface area contributed by atoms with Crippen LogP contribution in [-0.2, 0) is 6.54 Å². The van der Waals surface area contributed by atoms with E-state index in [4.69, 9.17) is 9.15 Å². The summed E-state index contributed by atoms with van der Waals surface area (Å²) in [4.78, 5) is 20.5. The molecule has 0 aliphatic heterocycles. The van der Waals surface area contributed by atoms with Crippen LogP contribution in [0.25, 0.3) is 11.3 Å². The summed E-state index contributed by atoms with van der Waals surface area (Å²) in [6.45, 7) is 1.08. The summed E-state index contributed by atoms with van der Waals surface area (Å²) in [7, 11) is 1.46. The first-order valence-electron chi connectivity index (χ1n) is 7.74. The number of hydrogen-bond acceptors (Lipinski definition) is 7. The van der Waals surface area contributed by atoms with Crippen LogP contribution in [0.3, 0.4) is 0 Å². The van der Waals surface area contributed by atoms with Crippen molar-refractivity contribution in [1.29, 1.82) is 0 Å². The number of carbonyl (C=O) groups is 1. The Bertz CT molecular complexity index is 869. The van der Waals surface area contributed by atoms with Gasteiger partial charge < -0.3 is 14.5 Å². The zero-order valence-corrected chi connectivity index (χ0v) is 14.7. The Morgan fingerprint density at radius 2 is 2.35 bits per heavy atom. The van der Waals surface area contributed by atoms with Crippen molar-refractivity contribution in [2.45, 2.75) is 17.9 Å². The zero-order chi connectivity index (χ0) is 18.4. The Hall–Kier alpha value is -2.88. The molecule has 26 heavy (non-hydrogen) atoms. The molecule has 0 saturated heterocycles. The minimum absolute atomic E-state index is 0.0602. The summed E-state index contributed by atoms with van der Waals surface area (Å²) in [6, 6.07) is 4.84. The van der Waals surface area contributed by atoms with Gasteiger partial charge in [-0.1, -0.05) is 0 Å². The number of carbonyl (C=O) groups excluding carboxylic acids is 1. The summed E-state index contributed by atoms with van der Waals surface area (Å²) in [5.74, 6) is 0.314. The largest absolute Gasteiger partial charge is 0.495 e. The third-order valence-corrected chi connectivity index (χ3v) is 4.09. The molecular formula is C16H16FN5O3S. The standard InChI is InChI=1S/C16H16FN5O3S/c1-24-12-4-3-11(7-13(12)26-17)15-14(20-10-25-15)16(23)19-5-2-6-22-9-18-8-21-22/h3-4,7-10H,2,5-6H2,1H3,(H,19,23). The lowest BCUT2D eigenvalue weighted by atomic mass is 10.1. The fourth-order valence-electron chi connectivity index (χ4n) is 2.37. The molecular weight excluding hydrogens is 361 g/mol. The quantitative estimate of drug-likeness (QED) is 0.603. The predicted molar refractivity (Wildman–Crippen MR) is 92.4 cm³/mol. The highest BCUT2D eigenvalue weighted by Gasteiger charge is 2.19. The number of benzene rings is 1. The van der Waals surface area contributed by atoms with Gasteiger partial charge in [0.05, 0.1) is 24.2 Å². The molecule has 136 valence electrons. The molecule has 0 saturated carbocycles. The molecule has 0 aliphatic carbocycles. The number of aryl methyl sites for hydroxylation is 1. The van der Waals surface area contributed by atoms with Gasteiger partial charge in [0.25, 0.3) is 5.91 Å². The molecule has 0 radical (unpaired) electrons. The van der Waals surface area contributed by atoms with Crippen LogP contribution in [-0.4, -0.2) is 39.3 Å². The molecule has 0 fully saturated rings. The van der Waals surface area contributed by atoms with Gasteiger partial charge in [-0.2, -0.15) is 8.98 Å². The molecule has 8 nitrogen and oxygen atoms in total. The summed E-state index contributed by atoms with van der Waals surface area (Å²) >= 11 is 0.0602. The van der Waals surface area contributed by atoms with Crippen LogP contribution in [0.2, 0.25) is 0 Å². The first-order chi connectivity index (χ1) is 12.7. The maximum atomic E-state index is 13.1. The predicted octanol–water partition coefficient (Wildman–Crippen LogP) is 2.74. The third-order valence-electron chi connectivity index (χ3n) is 3.61. The second-order valence-corrected chi connectivity index (χ2v) is 5.84. The smallest absolute Gasteiger partial charge is 0.273 e. The van der Waals surface area contributed by atoms with E-state index in [1.54, 1.807) is 29.2 Å². The highest BCUT2D eigenvalue weighted by Crippen LogP contribution is 2.35.